The number of hydrogen-bond donors (Lipinski definition) is 2. The third-order valence-corrected chi connectivity index (χ3v) is 4.62. The van der Waals surface area contributed by atoms with Crippen LogP contribution in [-0.4, -0.2) is 36.5 Å². The number of anilines is 1. The van der Waals surface area contributed by atoms with Gasteiger partial charge in [-0.05, 0) is 40.9 Å². The molecule has 1 amide bonds. The van der Waals surface area contributed by atoms with Gasteiger partial charge in [-0.15, -0.1) is 0 Å². The first-order valence-electron chi connectivity index (χ1n) is 6.28. The summed E-state index contributed by atoms with van der Waals surface area (Å²) < 4.78 is 0.714. The zero-order valence-corrected chi connectivity index (χ0v) is 12.9. The Morgan fingerprint density at radius 1 is 1.47 bits per heavy atom. The van der Waals surface area contributed by atoms with Gasteiger partial charge in [0, 0.05) is 19.1 Å². The van der Waals surface area contributed by atoms with E-state index in [4.69, 9.17) is 17.3 Å². The molecule has 1 aromatic carbocycles. The van der Waals surface area contributed by atoms with Crippen molar-refractivity contribution in [3.05, 3.63) is 27.7 Å². The summed E-state index contributed by atoms with van der Waals surface area (Å²) in [7, 11) is 0. The van der Waals surface area contributed by atoms with E-state index in [-0.39, 0.29) is 11.9 Å². The molecular formula is C13H17BrClN3O. The van der Waals surface area contributed by atoms with Gasteiger partial charge in [0.2, 0.25) is 5.91 Å². The van der Waals surface area contributed by atoms with Gasteiger partial charge in [0.05, 0.1) is 21.7 Å². The van der Waals surface area contributed by atoms with Crippen LogP contribution in [0.3, 0.4) is 0 Å². The molecule has 1 aliphatic heterocycles. The summed E-state index contributed by atoms with van der Waals surface area (Å²) in [5, 5.41) is 3.45. The highest BCUT2D eigenvalue weighted by Gasteiger charge is 2.18. The molecule has 0 bridgehead atoms. The van der Waals surface area contributed by atoms with Crippen LogP contribution >= 0.6 is 27.5 Å². The van der Waals surface area contributed by atoms with E-state index in [2.05, 4.69) is 26.1 Å². The summed E-state index contributed by atoms with van der Waals surface area (Å²) in [6.45, 7) is 2.16. The number of carbonyl (C=O) groups excluding carboxylic acids is 1. The predicted molar refractivity (Wildman–Crippen MR) is 81.4 cm³/mol. The van der Waals surface area contributed by atoms with Crippen molar-refractivity contribution in [2.24, 2.45) is 5.73 Å². The maximum Gasteiger partial charge on any atom is 0.238 e. The van der Waals surface area contributed by atoms with Crippen molar-refractivity contribution in [2.75, 3.05) is 25.0 Å². The van der Waals surface area contributed by atoms with Crippen molar-refractivity contribution in [1.29, 1.82) is 0 Å². The summed E-state index contributed by atoms with van der Waals surface area (Å²) >= 11 is 9.35. The molecule has 0 saturated carbocycles. The van der Waals surface area contributed by atoms with Crippen molar-refractivity contribution in [1.82, 2.24) is 4.90 Å². The molecule has 0 aromatic heterocycles. The molecule has 1 aromatic rings. The molecular weight excluding hydrogens is 330 g/mol. The second kappa shape index (κ2) is 6.70. The molecule has 0 aliphatic carbocycles. The molecule has 104 valence electrons. The molecule has 2 rings (SSSR count). The quantitative estimate of drug-likeness (QED) is 0.884. The second-order valence-corrected chi connectivity index (χ2v) is 5.96. The number of halogens is 2. The Morgan fingerprint density at radius 2 is 2.16 bits per heavy atom. The average molecular weight is 347 g/mol. The second-order valence-electron chi connectivity index (χ2n) is 4.76. The van der Waals surface area contributed by atoms with Gasteiger partial charge in [0.15, 0.2) is 0 Å². The Bertz CT molecular complexity index is 461. The van der Waals surface area contributed by atoms with Gasteiger partial charge in [0.25, 0.3) is 0 Å². The minimum atomic E-state index is -0.0292. The summed E-state index contributed by atoms with van der Waals surface area (Å²) in [4.78, 5) is 14.1. The smallest absolute Gasteiger partial charge is 0.238 e. The number of rotatable bonds is 3. The van der Waals surface area contributed by atoms with Gasteiger partial charge in [-0.2, -0.15) is 0 Å². The molecule has 0 unspecified atom stereocenters. The van der Waals surface area contributed by atoms with Crippen LogP contribution in [0.1, 0.15) is 12.8 Å². The number of nitrogens with one attached hydrogen (secondary N) is 1. The lowest BCUT2D eigenvalue weighted by Crippen LogP contribution is -2.43. The van der Waals surface area contributed by atoms with Gasteiger partial charge < -0.3 is 11.1 Å². The van der Waals surface area contributed by atoms with Gasteiger partial charge in [0.1, 0.15) is 0 Å². The number of carbonyl (C=O) groups is 1. The number of piperidine rings is 1. The van der Waals surface area contributed by atoms with Crippen LogP contribution in [0.15, 0.2) is 22.7 Å². The van der Waals surface area contributed by atoms with E-state index in [1.165, 1.54) is 0 Å². The molecule has 6 heteroatoms. The zero-order valence-electron chi connectivity index (χ0n) is 10.5. The molecule has 1 saturated heterocycles. The van der Waals surface area contributed by atoms with Gasteiger partial charge in [-0.3, -0.25) is 9.69 Å². The molecule has 1 fully saturated rings. The molecule has 4 nitrogen and oxygen atoms in total. The van der Waals surface area contributed by atoms with Crippen LogP contribution in [0.4, 0.5) is 5.69 Å². The summed E-state index contributed by atoms with van der Waals surface area (Å²) in [5.41, 5.74) is 6.54. The van der Waals surface area contributed by atoms with Crippen LogP contribution in [0.2, 0.25) is 5.02 Å². The number of likely N-dealkylation sites (tertiary alicyclic amines) is 1. The van der Waals surface area contributed by atoms with E-state index >= 15 is 0 Å². The Balaban J connectivity index is 1.89. The fourth-order valence-corrected chi connectivity index (χ4v) is 2.64. The summed E-state index contributed by atoms with van der Waals surface area (Å²) in [6.07, 6.45) is 1.91. The maximum atomic E-state index is 12.0. The standard InChI is InChI=1S/C13H17BrClN3O/c14-13-10(15)2-1-3-11(13)17-12(19)8-18-6-4-9(16)5-7-18/h1-3,9H,4-8,16H2,(H,17,19). The topological polar surface area (TPSA) is 58.4 Å². The fraction of sp³-hybridized carbons (Fsp3) is 0.462. The highest BCUT2D eigenvalue weighted by atomic mass is 79.9. The first-order valence-corrected chi connectivity index (χ1v) is 7.45. The van der Waals surface area contributed by atoms with E-state index in [0.717, 1.165) is 25.9 Å². The maximum absolute atomic E-state index is 12.0. The highest BCUT2D eigenvalue weighted by Crippen LogP contribution is 2.29. The molecule has 1 aliphatic rings. The van der Waals surface area contributed by atoms with Crippen LogP contribution in [-0.2, 0) is 4.79 Å². The van der Waals surface area contributed by atoms with E-state index in [1.807, 2.05) is 12.1 Å². The minimum Gasteiger partial charge on any atom is -0.328 e. The van der Waals surface area contributed by atoms with E-state index < -0.39 is 0 Å². The monoisotopic (exact) mass is 345 g/mol. The summed E-state index contributed by atoms with van der Waals surface area (Å²) in [6, 6.07) is 5.68. The van der Waals surface area contributed by atoms with Crippen LogP contribution in [0.5, 0.6) is 0 Å². The highest BCUT2D eigenvalue weighted by molar-refractivity contribution is 9.10. The third kappa shape index (κ3) is 4.18. The molecule has 0 radical (unpaired) electrons. The molecule has 19 heavy (non-hydrogen) atoms. The van der Waals surface area contributed by atoms with Gasteiger partial charge in [-0.25, -0.2) is 0 Å². The predicted octanol–water partition coefficient (Wildman–Crippen LogP) is 2.46. The number of benzene rings is 1. The molecule has 0 spiro atoms. The lowest BCUT2D eigenvalue weighted by Gasteiger charge is -2.29. The van der Waals surface area contributed by atoms with Crippen molar-refractivity contribution in [3.8, 4) is 0 Å². The van der Waals surface area contributed by atoms with Crippen LogP contribution < -0.4 is 11.1 Å². The molecule has 0 atom stereocenters. The van der Waals surface area contributed by atoms with Crippen LogP contribution in [0.25, 0.3) is 0 Å². The first kappa shape index (κ1) is 14.8. The lowest BCUT2D eigenvalue weighted by atomic mass is 10.1. The number of nitrogens with two attached hydrogens (primary N) is 1. The Morgan fingerprint density at radius 3 is 2.84 bits per heavy atom. The SMILES string of the molecule is NC1CCN(CC(=O)Nc2cccc(Cl)c2Br)CC1. The van der Waals surface area contributed by atoms with E-state index in [1.54, 1.807) is 6.07 Å². The lowest BCUT2D eigenvalue weighted by molar-refractivity contribution is -0.117. The first-order chi connectivity index (χ1) is 9.06. The Hall–Kier alpha value is -0.620. The van der Waals surface area contributed by atoms with Gasteiger partial charge in [-0.1, -0.05) is 17.7 Å². The molecule has 3 N–H and O–H groups in total. The van der Waals surface area contributed by atoms with Crippen molar-refractivity contribution >= 4 is 39.1 Å². The van der Waals surface area contributed by atoms with E-state index in [0.29, 0.717) is 21.7 Å². The van der Waals surface area contributed by atoms with E-state index in [9.17, 15) is 4.79 Å². The van der Waals surface area contributed by atoms with Crippen LogP contribution in [0, 0.1) is 0 Å². The third-order valence-electron chi connectivity index (χ3n) is 3.23. The zero-order chi connectivity index (χ0) is 13.8. The van der Waals surface area contributed by atoms with Gasteiger partial charge >= 0.3 is 0 Å². The number of amides is 1. The normalized spacial score (nSPS) is 17.4. The number of nitrogens with zero attached hydrogens (tertiary/aromatic N) is 1. The Kier molecular flexibility index (Phi) is 5.21. The number of hydrogen-bond acceptors (Lipinski definition) is 3. The van der Waals surface area contributed by atoms with Crippen molar-refractivity contribution in [3.63, 3.8) is 0 Å². The van der Waals surface area contributed by atoms with Crippen molar-refractivity contribution in [2.45, 2.75) is 18.9 Å². The fourth-order valence-electron chi connectivity index (χ4n) is 2.10. The Labute approximate surface area is 126 Å². The molecule has 1 heterocycles. The van der Waals surface area contributed by atoms with Crippen molar-refractivity contribution < 1.29 is 4.79 Å². The largest absolute Gasteiger partial charge is 0.328 e. The minimum absolute atomic E-state index is 0.0292. The summed E-state index contributed by atoms with van der Waals surface area (Å²) in [5.74, 6) is -0.0292. The average Bonchev–Trinajstić information content (AvgIpc) is 2.38.